The smallest absolute Gasteiger partial charge is 0.342 e. The maximum atomic E-state index is 12.1. The predicted molar refractivity (Wildman–Crippen MR) is 89.7 cm³/mol. The van der Waals surface area contributed by atoms with Crippen LogP contribution in [0.3, 0.4) is 0 Å². The van der Waals surface area contributed by atoms with Crippen LogP contribution < -0.4 is 4.90 Å². The summed E-state index contributed by atoms with van der Waals surface area (Å²) in [5, 5.41) is 9.46. The normalized spacial score (nSPS) is 15.3. The van der Waals surface area contributed by atoms with E-state index in [1.165, 1.54) is 11.8 Å². The summed E-state index contributed by atoms with van der Waals surface area (Å²) in [4.78, 5) is 23.3. The lowest BCUT2D eigenvalue weighted by atomic mass is 9.94. The summed E-state index contributed by atoms with van der Waals surface area (Å²) in [5.41, 5.74) is 1.11. The zero-order chi connectivity index (χ0) is 16.8. The zero-order valence-electron chi connectivity index (χ0n) is 13.8. The lowest BCUT2D eigenvalue weighted by Gasteiger charge is -2.31. The first-order valence-electron chi connectivity index (χ1n) is 7.82. The molecule has 0 aromatic carbocycles. The summed E-state index contributed by atoms with van der Waals surface area (Å²) in [5.74, 6) is 0.764. The summed E-state index contributed by atoms with van der Waals surface area (Å²) >= 11 is 1.43. The third-order valence-electron chi connectivity index (χ3n) is 4.00. The standard InChI is InChI=1S/C16H22N4O2S/c1-4-22-15(21)13-11(2)18-16(19-14(13)23-3)20-9-6-12(5-8-17)7-10-20/h12H,4-7,9-10H2,1-3H3. The minimum Gasteiger partial charge on any atom is -0.462 e. The highest BCUT2D eigenvalue weighted by atomic mass is 32.2. The molecule has 0 spiro atoms. The van der Waals surface area contributed by atoms with Crippen molar-refractivity contribution in [1.29, 1.82) is 5.26 Å². The molecule has 0 radical (unpaired) electrons. The fourth-order valence-corrected chi connectivity index (χ4v) is 3.33. The Morgan fingerprint density at radius 2 is 2.13 bits per heavy atom. The second-order valence-electron chi connectivity index (χ2n) is 5.51. The molecule has 0 unspecified atom stereocenters. The molecule has 0 aliphatic carbocycles. The molecule has 2 rings (SSSR count). The van der Waals surface area contributed by atoms with E-state index in [-0.39, 0.29) is 5.97 Å². The molecule has 1 aromatic heterocycles. The number of piperidine rings is 1. The Bertz CT molecular complexity index is 607. The van der Waals surface area contributed by atoms with Crippen LogP contribution in [-0.4, -0.2) is 41.9 Å². The summed E-state index contributed by atoms with van der Waals surface area (Å²) in [6.07, 6.45) is 4.47. The topological polar surface area (TPSA) is 79.1 Å². The van der Waals surface area contributed by atoms with E-state index in [9.17, 15) is 4.79 Å². The van der Waals surface area contributed by atoms with Crippen LogP contribution in [0, 0.1) is 24.2 Å². The number of nitriles is 1. The Hall–Kier alpha value is -1.81. The first kappa shape index (κ1) is 17.5. The molecule has 124 valence electrons. The SMILES string of the molecule is CCOC(=O)c1c(C)nc(N2CCC(CC#N)CC2)nc1SC. The molecule has 0 N–H and O–H groups in total. The van der Waals surface area contributed by atoms with E-state index in [1.54, 1.807) is 6.92 Å². The van der Waals surface area contributed by atoms with Crippen LogP contribution in [0.2, 0.25) is 0 Å². The fraction of sp³-hybridized carbons (Fsp3) is 0.625. The number of esters is 1. The summed E-state index contributed by atoms with van der Waals surface area (Å²) in [6, 6.07) is 2.25. The number of aryl methyl sites for hydroxylation is 1. The average Bonchev–Trinajstić information content (AvgIpc) is 2.55. The Kier molecular flexibility index (Phi) is 6.22. The maximum absolute atomic E-state index is 12.1. The molecule has 1 aromatic rings. The molecule has 6 nitrogen and oxygen atoms in total. The van der Waals surface area contributed by atoms with Crippen LogP contribution in [0.25, 0.3) is 0 Å². The van der Waals surface area contributed by atoms with Crippen molar-refractivity contribution in [1.82, 2.24) is 9.97 Å². The van der Waals surface area contributed by atoms with Crippen LogP contribution in [-0.2, 0) is 4.74 Å². The van der Waals surface area contributed by atoms with Crippen molar-refractivity contribution in [2.75, 3.05) is 30.9 Å². The summed E-state index contributed by atoms with van der Waals surface area (Å²) < 4.78 is 5.10. The Morgan fingerprint density at radius 3 is 2.70 bits per heavy atom. The summed E-state index contributed by atoms with van der Waals surface area (Å²) in [7, 11) is 0. The van der Waals surface area contributed by atoms with Crippen LogP contribution in [0.4, 0.5) is 5.95 Å². The number of ether oxygens (including phenoxy) is 1. The van der Waals surface area contributed by atoms with Crippen molar-refractivity contribution in [2.24, 2.45) is 5.92 Å². The maximum Gasteiger partial charge on any atom is 0.342 e. The van der Waals surface area contributed by atoms with Crippen molar-refractivity contribution < 1.29 is 9.53 Å². The fourth-order valence-electron chi connectivity index (χ4n) is 2.73. The van der Waals surface area contributed by atoms with Crippen molar-refractivity contribution >= 4 is 23.7 Å². The lowest BCUT2D eigenvalue weighted by Crippen LogP contribution is -2.35. The van der Waals surface area contributed by atoms with E-state index in [1.807, 2.05) is 13.2 Å². The quantitative estimate of drug-likeness (QED) is 0.465. The molecular formula is C16H22N4O2S. The molecule has 0 bridgehead atoms. The number of carbonyl (C=O) groups is 1. The predicted octanol–water partition coefficient (Wildman–Crippen LogP) is 2.81. The molecule has 1 fully saturated rings. The van der Waals surface area contributed by atoms with E-state index in [0.29, 0.717) is 41.2 Å². The second-order valence-corrected chi connectivity index (χ2v) is 6.30. The van der Waals surface area contributed by atoms with Gasteiger partial charge >= 0.3 is 5.97 Å². The molecule has 2 heterocycles. The Labute approximate surface area is 141 Å². The van der Waals surface area contributed by atoms with Crippen molar-refractivity contribution in [2.45, 2.75) is 38.1 Å². The van der Waals surface area contributed by atoms with Gasteiger partial charge in [0.25, 0.3) is 0 Å². The number of rotatable bonds is 5. The molecule has 0 atom stereocenters. The number of aromatic nitrogens is 2. The van der Waals surface area contributed by atoms with Crippen molar-refractivity contribution in [3.05, 3.63) is 11.3 Å². The van der Waals surface area contributed by atoms with Crippen molar-refractivity contribution in [3.63, 3.8) is 0 Å². The first-order chi connectivity index (χ1) is 11.1. The van der Waals surface area contributed by atoms with Crippen LogP contribution >= 0.6 is 11.8 Å². The second kappa shape index (κ2) is 8.16. The highest BCUT2D eigenvalue weighted by Gasteiger charge is 2.24. The molecule has 1 saturated heterocycles. The molecular weight excluding hydrogens is 312 g/mol. The van der Waals surface area contributed by atoms with Gasteiger partial charge in [-0.05, 0) is 38.9 Å². The molecule has 1 aliphatic heterocycles. The van der Waals surface area contributed by atoms with E-state index >= 15 is 0 Å². The van der Waals surface area contributed by atoms with E-state index in [4.69, 9.17) is 10.00 Å². The molecule has 7 heteroatoms. The van der Waals surface area contributed by atoms with E-state index in [2.05, 4.69) is 20.9 Å². The number of thioether (sulfide) groups is 1. The van der Waals surface area contributed by atoms with Crippen LogP contribution in [0.15, 0.2) is 5.03 Å². The van der Waals surface area contributed by atoms with Gasteiger partial charge in [-0.15, -0.1) is 11.8 Å². The van der Waals surface area contributed by atoms with Crippen LogP contribution in [0.5, 0.6) is 0 Å². The molecule has 0 saturated carbocycles. The third-order valence-corrected chi connectivity index (χ3v) is 4.68. The van der Waals surface area contributed by atoms with Crippen LogP contribution in [0.1, 0.15) is 42.2 Å². The third kappa shape index (κ3) is 4.14. The van der Waals surface area contributed by atoms with Gasteiger partial charge in [0.1, 0.15) is 10.6 Å². The number of nitrogens with zero attached hydrogens (tertiary/aromatic N) is 4. The minimum atomic E-state index is -0.367. The lowest BCUT2D eigenvalue weighted by molar-refractivity contribution is 0.0520. The van der Waals surface area contributed by atoms with E-state index < -0.39 is 0 Å². The van der Waals surface area contributed by atoms with Gasteiger partial charge in [-0.1, -0.05) is 0 Å². The van der Waals surface area contributed by atoms with Crippen molar-refractivity contribution in [3.8, 4) is 6.07 Å². The summed E-state index contributed by atoms with van der Waals surface area (Å²) in [6.45, 7) is 5.63. The molecule has 1 aliphatic rings. The minimum absolute atomic E-state index is 0.334. The monoisotopic (exact) mass is 334 g/mol. The highest BCUT2D eigenvalue weighted by Crippen LogP contribution is 2.27. The molecule has 0 amide bonds. The average molecular weight is 334 g/mol. The van der Waals surface area contributed by atoms with Gasteiger partial charge < -0.3 is 9.64 Å². The number of carbonyl (C=O) groups excluding carboxylic acids is 1. The number of anilines is 1. The Balaban J connectivity index is 2.20. The van der Waals surface area contributed by atoms with E-state index in [0.717, 1.165) is 25.9 Å². The van der Waals surface area contributed by atoms with Gasteiger partial charge in [0, 0.05) is 19.5 Å². The zero-order valence-corrected chi connectivity index (χ0v) is 14.7. The van der Waals surface area contributed by atoms with Gasteiger partial charge in [0.2, 0.25) is 5.95 Å². The highest BCUT2D eigenvalue weighted by molar-refractivity contribution is 7.98. The first-order valence-corrected chi connectivity index (χ1v) is 9.04. The Morgan fingerprint density at radius 1 is 1.43 bits per heavy atom. The number of hydrogen-bond donors (Lipinski definition) is 0. The molecule has 23 heavy (non-hydrogen) atoms. The van der Waals surface area contributed by atoms with Gasteiger partial charge in [-0.3, -0.25) is 0 Å². The largest absolute Gasteiger partial charge is 0.462 e. The van der Waals surface area contributed by atoms with Gasteiger partial charge in [0.05, 0.1) is 18.4 Å². The number of hydrogen-bond acceptors (Lipinski definition) is 7. The van der Waals surface area contributed by atoms with Gasteiger partial charge in [-0.2, -0.15) is 5.26 Å². The van der Waals surface area contributed by atoms with Gasteiger partial charge in [0.15, 0.2) is 0 Å². The van der Waals surface area contributed by atoms with Gasteiger partial charge in [-0.25, -0.2) is 14.8 Å².